The molecule has 1 aromatic carbocycles. The number of benzene rings is 1. The van der Waals surface area contributed by atoms with Crippen LogP contribution in [0.5, 0.6) is 0 Å². The van der Waals surface area contributed by atoms with E-state index in [1.165, 1.54) is 19.1 Å². The van der Waals surface area contributed by atoms with Gasteiger partial charge in [-0.15, -0.1) is 0 Å². The lowest BCUT2D eigenvalue weighted by molar-refractivity contribution is -0.144. The van der Waals surface area contributed by atoms with E-state index < -0.39 is 23.2 Å². The fraction of sp³-hybridized carbons (Fsp3) is 0.273. The number of aliphatic carboxylic acids is 1. The Hall–Kier alpha value is -1.95. The second-order valence-corrected chi connectivity index (χ2v) is 3.76. The number of carbonyl (C=O) groups is 2. The summed E-state index contributed by atoms with van der Waals surface area (Å²) in [5.74, 6) is -2.30. The fourth-order valence-corrected chi connectivity index (χ4v) is 1.35. The van der Waals surface area contributed by atoms with Crippen LogP contribution in [0.25, 0.3) is 0 Å². The van der Waals surface area contributed by atoms with E-state index in [-0.39, 0.29) is 6.54 Å². The molecule has 0 saturated carbocycles. The highest BCUT2D eigenvalue weighted by molar-refractivity contribution is 5.82. The number of hydrogen-bond acceptors (Lipinski definition) is 3. The minimum atomic E-state index is -1.48. The zero-order valence-corrected chi connectivity index (χ0v) is 9.24. The Labute approximate surface area is 97.4 Å². The Balaban J connectivity index is 3.02. The molecular weight excluding hydrogens is 227 g/mol. The minimum Gasteiger partial charge on any atom is -0.480 e. The van der Waals surface area contributed by atoms with E-state index in [2.05, 4.69) is 5.32 Å². The van der Waals surface area contributed by atoms with Gasteiger partial charge in [0.15, 0.2) is 0 Å². The molecule has 0 aliphatic carbocycles. The molecule has 4 N–H and O–H groups in total. The van der Waals surface area contributed by atoms with Crippen LogP contribution in [-0.4, -0.2) is 23.5 Å². The number of primary amides is 1. The molecule has 0 aliphatic heterocycles. The van der Waals surface area contributed by atoms with Crippen LogP contribution < -0.4 is 11.1 Å². The van der Waals surface area contributed by atoms with Crippen LogP contribution in [0.2, 0.25) is 0 Å². The van der Waals surface area contributed by atoms with E-state index in [1.54, 1.807) is 0 Å². The number of nitrogens with one attached hydrogen (secondary N) is 1. The van der Waals surface area contributed by atoms with Crippen LogP contribution in [0.3, 0.4) is 0 Å². The van der Waals surface area contributed by atoms with Crippen molar-refractivity contribution in [2.45, 2.75) is 12.5 Å². The SMILES string of the molecule is CC(NCC(N)=O)(C(=O)O)c1ccc(F)cc1. The summed E-state index contributed by atoms with van der Waals surface area (Å²) in [6, 6.07) is 5.00. The molecule has 92 valence electrons. The molecule has 1 unspecified atom stereocenters. The summed E-state index contributed by atoms with van der Waals surface area (Å²) < 4.78 is 12.7. The lowest BCUT2D eigenvalue weighted by Crippen LogP contribution is -2.49. The Bertz CT molecular complexity index is 433. The largest absolute Gasteiger partial charge is 0.480 e. The number of amides is 1. The summed E-state index contributed by atoms with van der Waals surface area (Å²) in [5, 5.41) is 11.7. The predicted octanol–water partition coefficient (Wildman–Crippen LogP) is 0.200. The normalized spacial score (nSPS) is 14.0. The second-order valence-electron chi connectivity index (χ2n) is 3.76. The van der Waals surface area contributed by atoms with Crippen molar-refractivity contribution in [1.82, 2.24) is 5.32 Å². The third kappa shape index (κ3) is 3.01. The van der Waals surface area contributed by atoms with E-state index in [4.69, 9.17) is 10.8 Å². The van der Waals surface area contributed by atoms with Gasteiger partial charge in [0, 0.05) is 0 Å². The van der Waals surface area contributed by atoms with E-state index in [0.29, 0.717) is 5.56 Å². The standard InChI is InChI=1S/C11H13FN2O3/c1-11(10(16)17,14-6-9(13)15)7-2-4-8(12)5-3-7/h2-5,14H,6H2,1H3,(H2,13,15)(H,16,17). The maximum atomic E-state index is 12.7. The molecule has 0 heterocycles. The lowest BCUT2D eigenvalue weighted by Gasteiger charge is -2.26. The molecule has 0 bridgehead atoms. The highest BCUT2D eigenvalue weighted by Crippen LogP contribution is 2.21. The summed E-state index contributed by atoms with van der Waals surface area (Å²) in [4.78, 5) is 21.9. The van der Waals surface area contributed by atoms with Crippen molar-refractivity contribution in [1.29, 1.82) is 0 Å². The van der Waals surface area contributed by atoms with Crippen molar-refractivity contribution in [3.05, 3.63) is 35.6 Å². The number of carboxylic acids is 1. The fourth-order valence-electron chi connectivity index (χ4n) is 1.35. The van der Waals surface area contributed by atoms with E-state index in [9.17, 15) is 14.0 Å². The quantitative estimate of drug-likeness (QED) is 0.685. The number of hydrogen-bond donors (Lipinski definition) is 3. The summed E-state index contributed by atoms with van der Waals surface area (Å²) in [7, 11) is 0. The highest BCUT2D eigenvalue weighted by atomic mass is 19.1. The van der Waals surface area contributed by atoms with Crippen LogP contribution in [-0.2, 0) is 15.1 Å². The molecule has 0 aliphatic rings. The van der Waals surface area contributed by atoms with Gasteiger partial charge in [0.2, 0.25) is 5.91 Å². The van der Waals surface area contributed by atoms with Crippen molar-refractivity contribution in [2.24, 2.45) is 5.73 Å². The Kier molecular flexibility index (Phi) is 3.80. The summed E-state index contributed by atoms with van der Waals surface area (Å²) >= 11 is 0. The molecule has 0 fully saturated rings. The Morgan fingerprint density at radius 1 is 1.41 bits per heavy atom. The molecule has 17 heavy (non-hydrogen) atoms. The van der Waals surface area contributed by atoms with E-state index >= 15 is 0 Å². The number of nitrogens with two attached hydrogens (primary N) is 1. The van der Waals surface area contributed by atoms with Gasteiger partial charge in [0.25, 0.3) is 0 Å². The first-order valence-electron chi connectivity index (χ1n) is 4.89. The van der Waals surface area contributed by atoms with Crippen molar-refractivity contribution in [2.75, 3.05) is 6.54 Å². The summed E-state index contributed by atoms with van der Waals surface area (Å²) in [5.41, 5.74) is 3.80. The van der Waals surface area contributed by atoms with Crippen LogP contribution >= 0.6 is 0 Å². The van der Waals surface area contributed by atoms with Crippen LogP contribution in [0, 0.1) is 5.82 Å². The Morgan fingerprint density at radius 2 is 1.94 bits per heavy atom. The molecule has 0 radical (unpaired) electrons. The first-order chi connectivity index (χ1) is 7.86. The predicted molar refractivity (Wildman–Crippen MR) is 58.6 cm³/mol. The van der Waals surface area contributed by atoms with Gasteiger partial charge in [-0.2, -0.15) is 0 Å². The van der Waals surface area contributed by atoms with Gasteiger partial charge in [-0.1, -0.05) is 12.1 Å². The summed E-state index contributed by atoms with van der Waals surface area (Å²) in [6.07, 6.45) is 0. The van der Waals surface area contributed by atoms with E-state index in [0.717, 1.165) is 12.1 Å². The Morgan fingerprint density at radius 3 is 2.35 bits per heavy atom. The molecule has 1 rings (SSSR count). The zero-order chi connectivity index (χ0) is 13.1. The van der Waals surface area contributed by atoms with Gasteiger partial charge in [-0.3, -0.25) is 10.1 Å². The van der Waals surface area contributed by atoms with Gasteiger partial charge >= 0.3 is 5.97 Å². The van der Waals surface area contributed by atoms with Gasteiger partial charge < -0.3 is 10.8 Å². The zero-order valence-electron chi connectivity index (χ0n) is 9.24. The second kappa shape index (κ2) is 4.92. The molecular formula is C11H13FN2O3. The van der Waals surface area contributed by atoms with Crippen LogP contribution in [0.1, 0.15) is 12.5 Å². The van der Waals surface area contributed by atoms with Crippen LogP contribution in [0.15, 0.2) is 24.3 Å². The third-order valence-electron chi connectivity index (χ3n) is 2.47. The van der Waals surface area contributed by atoms with E-state index in [1.807, 2.05) is 0 Å². The maximum absolute atomic E-state index is 12.7. The topological polar surface area (TPSA) is 92.4 Å². The summed E-state index contributed by atoms with van der Waals surface area (Å²) in [6.45, 7) is 1.10. The monoisotopic (exact) mass is 240 g/mol. The van der Waals surface area contributed by atoms with Crippen molar-refractivity contribution in [3.63, 3.8) is 0 Å². The van der Waals surface area contributed by atoms with Gasteiger partial charge in [0.05, 0.1) is 6.54 Å². The molecule has 1 amide bonds. The molecule has 6 heteroatoms. The van der Waals surface area contributed by atoms with Crippen molar-refractivity contribution in [3.8, 4) is 0 Å². The average Bonchev–Trinajstić information content (AvgIpc) is 2.26. The maximum Gasteiger partial charge on any atom is 0.328 e. The van der Waals surface area contributed by atoms with Gasteiger partial charge in [0.1, 0.15) is 11.4 Å². The average molecular weight is 240 g/mol. The number of carbonyl (C=O) groups excluding carboxylic acids is 1. The van der Waals surface area contributed by atoms with Crippen molar-refractivity contribution < 1.29 is 19.1 Å². The molecule has 1 atom stereocenters. The molecule has 5 nitrogen and oxygen atoms in total. The number of carboxylic acid groups (broad SMARTS) is 1. The van der Waals surface area contributed by atoms with Gasteiger partial charge in [-0.25, -0.2) is 9.18 Å². The first kappa shape index (κ1) is 13.1. The van der Waals surface area contributed by atoms with Crippen LogP contribution in [0.4, 0.5) is 4.39 Å². The molecule has 1 aromatic rings. The first-order valence-corrected chi connectivity index (χ1v) is 4.89. The van der Waals surface area contributed by atoms with Gasteiger partial charge in [-0.05, 0) is 24.6 Å². The third-order valence-corrected chi connectivity index (χ3v) is 2.47. The molecule has 0 aromatic heterocycles. The highest BCUT2D eigenvalue weighted by Gasteiger charge is 2.34. The molecule has 0 saturated heterocycles. The van der Waals surface area contributed by atoms with Crippen molar-refractivity contribution >= 4 is 11.9 Å². The molecule has 0 spiro atoms. The lowest BCUT2D eigenvalue weighted by atomic mass is 9.92. The minimum absolute atomic E-state index is 0.278. The number of halogens is 1. The number of rotatable bonds is 5. The smallest absolute Gasteiger partial charge is 0.328 e.